The molecule has 1 N–H and O–H groups in total. The fraction of sp³-hybridized carbons (Fsp3) is 0.565. The summed E-state index contributed by atoms with van der Waals surface area (Å²) in [7, 11) is 2.09. The molecule has 2 saturated heterocycles. The number of hydrogen-bond donors (Lipinski definition) is 1. The lowest BCUT2D eigenvalue weighted by Gasteiger charge is -2.43. The first-order valence-electron chi connectivity index (χ1n) is 11.4. The van der Waals surface area contributed by atoms with Crippen LogP contribution < -0.4 is 0 Å². The van der Waals surface area contributed by atoms with Crippen LogP contribution in [0.25, 0.3) is 10.9 Å². The number of alkyl halides is 3. The molecule has 1 atom stereocenters. The second-order valence-electron chi connectivity index (χ2n) is 9.13. The minimum absolute atomic E-state index is 0.249. The highest BCUT2D eigenvalue weighted by molar-refractivity contribution is 6.31. The number of carbonyl (C=O) groups is 2. The molecule has 0 radical (unpaired) electrons. The van der Waals surface area contributed by atoms with Crippen LogP contribution in [0.15, 0.2) is 24.3 Å². The van der Waals surface area contributed by atoms with Gasteiger partial charge in [-0.2, -0.15) is 0 Å². The lowest BCUT2D eigenvalue weighted by Crippen LogP contribution is -2.59. The minimum atomic E-state index is -5.02. The van der Waals surface area contributed by atoms with Crippen molar-refractivity contribution in [1.82, 2.24) is 24.6 Å². The van der Waals surface area contributed by atoms with Crippen LogP contribution in [0.5, 0.6) is 0 Å². The van der Waals surface area contributed by atoms with Gasteiger partial charge < -0.3 is 14.8 Å². The first-order chi connectivity index (χ1) is 16.0. The summed E-state index contributed by atoms with van der Waals surface area (Å²) in [6.45, 7) is 5.11. The van der Waals surface area contributed by atoms with Crippen molar-refractivity contribution in [3.63, 3.8) is 0 Å². The Morgan fingerprint density at radius 2 is 1.74 bits per heavy atom. The monoisotopic (exact) mass is 499 g/mol. The van der Waals surface area contributed by atoms with E-state index in [1.807, 2.05) is 0 Å². The number of halogens is 4. The molecule has 1 aromatic carbocycles. The van der Waals surface area contributed by atoms with Crippen molar-refractivity contribution in [3.05, 3.63) is 35.0 Å². The standard InChI is InChI=1S/C23H29ClF3N5O2/c1-15(21(33)31-11-9-30(10-12-31)18-5-7-29(2)8-6-18)32(23(25,26)27)22(34)20-14-16-13-17(24)3-4-19(16)28-20/h3-4,13-15,18,28H,5-12H2,1-2H3/t15-/m1/s1. The van der Waals surface area contributed by atoms with Gasteiger partial charge in [-0.15, -0.1) is 13.2 Å². The first kappa shape index (κ1) is 24.8. The molecule has 34 heavy (non-hydrogen) atoms. The highest BCUT2D eigenvalue weighted by Gasteiger charge is 2.48. The van der Waals surface area contributed by atoms with E-state index in [1.54, 1.807) is 18.2 Å². The van der Waals surface area contributed by atoms with Crippen LogP contribution in [0.1, 0.15) is 30.3 Å². The summed E-state index contributed by atoms with van der Waals surface area (Å²) < 4.78 is 41.9. The Morgan fingerprint density at radius 1 is 1.09 bits per heavy atom. The fourth-order valence-electron chi connectivity index (χ4n) is 4.90. The van der Waals surface area contributed by atoms with Gasteiger partial charge in [0, 0.05) is 48.1 Å². The number of likely N-dealkylation sites (tertiary alicyclic amines) is 1. The molecule has 7 nitrogen and oxygen atoms in total. The van der Waals surface area contributed by atoms with Crippen LogP contribution in [0.4, 0.5) is 13.2 Å². The molecule has 2 amide bonds. The van der Waals surface area contributed by atoms with Crippen molar-refractivity contribution in [1.29, 1.82) is 0 Å². The highest BCUT2D eigenvalue weighted by Crippen LogP contribution is 2.29. The number of aromatic nitrogens is 1. The summed E-state index contributed by atoms with van der Waals surface area (Å²) in [5, 5.41) is 0.920. The molecule has 0 aliphatic carbocycles. The van der Waals surface area contributed by atoms with Crippen molar-refractivity contribution in [2.45, 2.75) is 38.1 Å². The number of H-pyrrole nitrogens is 1. The zero-order valence-corrected chi connectivity index (χ0v) is 20.0. The number of benzene rings is 1. The first-order valence-corrected chi connectivity index (χ1v) is 11.8. The van der Waals surface area contributed by atoms with Crippen molar-refractivity contribution < 1.29 is 22.8 Å². The molecule has 186 valence electrons. The largest absolute Gasteiger partial charge is 0.488 e. The van der Waals surface area contributed by atoms with E-state index in [-0.39, 0.29) is 10.6 Å². The predicted molar refractivity (Wildman–Crippen MR) is 124 cm³/mol. The number of carbonyl (C=O) groups excluding carboxylic acids is 2. The molecule has 1 aromatic heterocycles. The number of piperazine rings is 1. The van der Waals surface area contributed by atoms with Gasteiger partial charge in [0.15, 0.2) is 0 Å². The van der Waals surface area contributed by atoms with E-state index < -0.39 is 24.2 Å². The van der Waals surface area contributed by atoms with Gasteiger partial charge in [-0.3, -0.25) is 14.5 Å². The molecule has 2 aliphatic rings. The quantitative estimate of drug-likeness (QED) is 0.655. The van der Waals surface area contributed by atoms with Gasteiger partial charge in [-0.05, 0) is 64.2 Å². The minimum Gasteiger partial charge on any atom is -0.351 e. The normalized spacial score (nSPS) is 20.0. The second-order valence-corrected chi connectivity index (χ2v) is 9.57. The molecule has 11 heteroatoms. The summed E-state index contributed by atoms with van der Waals surface area (Å²) in [5.74, 6) is -2.00. The fourth-order valence-corrected chi connectivity index (χ4v) is 5.08. The Hall–Kier alpha value is -2.30. The van der Waals surface area contributed by atoms with Gasteiger partial charge in [-0.1, -0.05) is 11.6 Å². The summed E-state index contributed by atoms with van der Waals surface area (Å²) in [4.78, 5) is 34.4. The Kier molecular flexibility index (Phi) is 7.12. The van der Waals surface area contributed by atoms with Crippen LogP contribution >= 0.6 is 11.6 Å². The maximum absolute atomic E-state index is 14.0. The third-order valence-corrected chi connectivity index (χ3v) is 7.12. The van der Waals surface area contributed by atoms with Crippen LogP contribution in [0.3, 0.4) is 0 Å². The number of fused-ring (bicyclic) bond motifs is 1. The average molecular weight is 500 g/mol. The SMILES string of the molecule is C[C@H](C(=O)N1CCN(C2CCN(C)CC2)CC1)N(C(=O)c1cc2cc(Cl)ccc2[nH]1)C(F)(F)F. The average Bonchev–Trinajstić information content (AvgIpc) is 3.21. The van der Waals surface area contributed by atoms with Crippen molar-refractivity contribution in [2.24, 2.45) is 0 Å². The Labute approximate surface area is 201 Å². The predicted octanol–water partition coefficient (Wildman–Crippen LogP) is 3.41. The van der Waals surface area contributed by atoms with Crippen molar-refractivity contribution in [3.8, 4) is 0 Å². The zero-order valence-electron chi connectivity index (χ0n) is 19.2. The Morgan fingerprint density at radius 3 is 2.35 bits per heavy atom. The molecule has 0 spiro atoms. The van der Waals surface area contributed by atoms with E-state index in [0.29, 0.717) is 48.1 Å². The lowest BCUT2D eigenvalue weighted by molar-refractivity contribution is -0.235. The molecular formula is C23H29ClF3N5O2. The summed E-state index contributed by atoms with van der Waals surface area (Å²) in [6, 6.07) is 4.80. The smallest absolute Gasteiger partial charge is 0.351 e. The number of amides is 2. The molecule has 2 aromatic rings. The number of nitrogens with zero attached hydrogens (tertiary/aromatic N) is 4. The molecule has 3 heterocycles. The molecule has 2 aliphatic heterocycles. The van der Waals surface area contributed by atoms with Gasteiger partial charge in [0.25, 0.3) is 5.91 Å². The van der Waals surface area contributed by atoms with Gasteiger partial charge in [0.2, 0.25) is 5.91 Å². The van der Waals surface area contributed by atoms with Gasteiger partial charge in [0.05, 0.1) is 0 Å². The topological polar surface area (TPSA) is 62.9 Å². The van der Waals surface area contributed by atoms with Crippen LogP contribution in [-0.4, -0.2) is 101 Å². The van der Waals surface area contributed by atoms with Crippen LogP contribution in [-0.2, 0) is 4.79 Å². The second kappa shape index (κ2) is 9.75. The zero-order chi connectivity index (χ0) is 24.6. The Bertz CT molecular complexity index is 1040. The number of hydrogen-bond acceptors (Lipinski definition) is 4. The number of rotatable bonds is 4. The molecule has 4 rings (SSSR count). The lowest BCUT2D eigenvalue weighted by atomic mass is 10.0. The van der Waals surface area contributed by atoms with E-state index in [1.165, 1.54) is 11.0 Å². The molecule has 0 unspecified atom stereocenters. The molecule has 2 fully saturated rings. The van der Waals surface area contributed by atoms with E-state index in [9.17, 15) is 22.8 Å². The third-order valence-electron chi connectivity index (χ3n) is 6.88. The van der Waals surface area contributed by atoms with Gasteiger partial charge in [0.1, 0.15) is 11.7 Å². The molecule has 0 bridgehead atoms. The van der Waals surface area contributed by atoms with Gasteiger partial charge in [-0.25, -0.2) is 4.90 Å². The third kappa shape index (κ3) is 5.18. The van der Waals surface area contributed by atoms with Crippen LogP contribution in [0.2, 0.25) is 5.02 Å². The summed E-state index contributed by atoms with van der Waals surface area (Å²) in [5.41, 5.74) is 0.236. The maximum atomic E-state index is 14.0. The summed E-state index contributed by atoms with van der Waals surface area (Å²) in [6.07, 6.45) is -2.92. The van der Waals surface area contributed by atoms with Crippen molar-refractivity contribution >= 4 is 34.3 Å². The van der Waals surface area contributed by atoms with Crippen molar-refractivity contribution in [2.75, 3.05) is 46.3 Å². The molecular weight excluding hydrogens is 471 g/mol. The van der Waals surface area contributed by atoms with E-state index in [0.717, 1.165) is 32.9 Å². The van der Waals surface area contributed by atoms with E-state index in [2.05, 4.69) is 21.8 Å². The van der Waals surface area contributed by atoms with E-state index >= 15 is 0 Å². The Balaban J connectivity index is 1.45. The van der Waals surface area contributed by atoms with Crippen LogP contribution in [0, 0.1) is 0 Å². The van der Waals surface area contributed by atoms with E-state index in [4.69, 9.17) is 11.6 Å². The van der Waals surface area contributed by atoms with Gasteiger partial charge >= 0.3 is 6.30 Å². The molecule has 0 saturated carbocycles. The number of aromatic amines is 1. The number of piperidine rings is 1. The summed E-state index contributed by atoms with van der Waals surface area (Å²) >= 11 is 5.94. The highest BCUT2D eigenvalue weighted by atomic mass is 35.5. The number of nitrogens with one attached hydrogen (secondary N) is 1. The maximum Gasteiger partial charge on any atom is 0.488 e.